The summed E-state index contributed by atoms with van der Waals surface area (Å²) in [7, 11) is -1.37. The number of aliphatic hydroxyl groups is 1. The molecule has 6 heteroatoms. The first kappa shape index (κ1) is 19.9. The Hall–Kier alpha value is -1.37. The molecule has 0 amide bonds. The number of nitrogens with zero attached hydrogens (tertiary/aromatic N) is 2. The maximum absolute atomic E-state index is 13.9. The van der Waals surface area contributed by atoms with Gasteiger partial charge < -0.3 is 9.29 Å². The molecule has 0 aliphatic rings. The van der Waals surface area contributed by atoms with Crippen LogP contribution in [-0.2, 0) is 10.8 Å². The summed E-state index contributed by atoms with van der Waals surface area (Å²) in [6.07, 6.45) is 3.95. The highest BCUT2D eigenvalue weighted by Crippen LogP contribution is 2.56. The van der Waals surface area contributed by atoms with Gasteiger partial charge in [-0.1, -0.05) is 20.8 Å². The second-order valence-electron chi connectivity index (χ2n) is 7.63. The van der Waals surface area contributed by atoms with Gasteiger partial charge in [0, 0.05) is 10.3 Å². The van der Waals surface area contributed by atoms with E-state index in [9.17, 15) is 9.50 Å². The van der Waals surface area contributed by atoms with Crippen molar-refractivity contribution >= 4 is 10.3 Å². The molecule has 2 rings (SSSR count). The van der Waals surface area contributed by atoms with E-state index in [-0.39, 0.29) is 23.3 Å². The van der Waals surface area contributed by atoms with Gasteiger partial charge in [-0.3, -0.25) is 0 Å². The van der Waals surface area contributed by atoms with Gasteiger partial charge >= 0.3 is 0 Å². The van der Waals surface area contributed by atoms with Gasteiger partial charge in [0.25, 0.3) is 0 Å². The lowest BCUT2D eigenvalue weighted by Crippen LogP contribution is -2.26. The molecule has 0 bridgehead atoms. The van der Waals surface area contributed by atoms with E-state index in [1.165, 1.54) is 12.1 Å². The SMILES string of the molecule is Cc1cc(CO)n(-c2ccc(F)cc2C(C)OS(C)(C)C(C)(C)C)n1. The normalized spacial score (nSPS) is 14.6. The van der Waals surface area contributed by atoms with Gasteiger partial charge in [-0.15, -0.1) is 10.3 Å². The summed E-state index contributed by atoms with van der Waals surface area (Å²) in [4.78, 5) is 0. The zero-order valence-corrected chi connectivity index (χ0v) is 16.9. The Kier molecular flexibility index (Phi) is 5.66. The maximum atomic E-state index is 13.9. The van der Waals surface area contributed by atoms with Gasteiger partial charge in [-0.2, -0.15) is 5.10 Å². The van der Waals surface area contributed by atoms with E-state index in [1.807, 2.05) is 19.9 Å². The summed E-state index contributed by atoms with van der Waals surface area (Å²) < 4.78 is 22.0. The molecule has 0 fully saturated rings. The van der Waals surface area contributed by atoms with Crippen LogP contribution >= 0.6 is 10.3 Å². The molecule has 0 aliphatic carbocycles. The molecule has 0 radical (unpaired) electrons. The lowest BCUT2D eigenvalue weighted by molar-refractivity contribution is 0.251. The van der Waals surface area contributed by atoms with Crippen molar-refractivity contribution in [2.45, 2.75) is 52.1 Å². The van der Waals surface area contributed by atoms with Gasteiger partial charge in [-0.25, -0.2) is 9.07 Å². The number of benzene rings is 1. The standard InChI is InChI=1S/C19H29FN2O2S/c1-13-10-16(12-23)22(21-13)18-9-8-15(20)11-17(18)14(2)24-25(6,7)19(3,4)5/h8-11,14,23H,12H2,1-7H3. The monoisotopic (exact) mass is 368 g/mol. The highest BCUT2D eigenvalue weighted by Gasteiger charge is 2.31. The fourth-order valence-electron chi connectivity index (χ4n) is 2.48. The van der Waals surface area contributed by atoms with Crippen LogP contribution in [0.5, 0.6) is 0 Å². The molecular weight excluding hydrogens is 339 g/mol. The van der Waals surface area contributed by atoms with Crippen molar-refractivity contribution in [3.63, 3.8) is 0 Å². The summed E-state index contributed by atoms with van der Waals surface area (Å²) in [6.45, 7) is 10.1. The van der Waals surface area contributed by atoms with Crippen molar-refractivity contribution in [2.75, 3.05) is 12.5 Å². The summed E-state index contributed by atoms with van der Waals surface area (Å²) in [6, 6.07) is 6.42. The van der Waals surface area contributed by atoms with Crippen molar-refractivity contribution < 1.29 is 13.7 Å². The average molecular weight is 369 g/mol. The maximum Gasteiger partial charge on any atom is 0.123 e. The smallest absolute Gasteiger partial charge is 0.123 e. The Bertz CT molecular complexity index is 750. The molecule has 1 aromatic heterocycles. The molecule has 2 aromatic rings. The fraction of sp³-hybridized carbons (Fsp3) is 0.526. The molecule has 0 saturated heterocycles. The molecule has 1 aromatic carbocycles. The van der Waals surface area contributed by atoms with E-state index >= 15 is 0 Å². The Morgan fingerprint density at radius 3 is 2.48 bits per heavy atom. The minimum Gasteiger partial charge on any atom is -0.390 e. The van der Waals surface area contributed by atoms with Crippen LogP contribution in [-0.4, -0.2) is 32.1 Å². The lowest BCUT2D eigenvalue weighted by Gasteiger charge is -2.45. The minimum atomic E-state index is -1.37. The van der Waals surface area contributed by atoms with Gasteiger partial charge in [0.15, 0.2) is 0 Å². The second kappa shape index (κ2) is 7.09. The first-order valence-corrected chi connectivity index (χ1v) is 10.7. The van der Waals surface area contributed by atoms with Crippen molar-refractivity contribution in [1.29, 1.82) is 0 Å². The number of hydrogen-bond donors (Lipinski definition) is 1. The van der Waals surface area contributed by atoms with Crippen LogP contribution in [0.3, 0.4) is 0 Å². The van der Waals surface area contributed by atoms with E-state index in [0.29, 0.717) is 5.69 Å². The first-order valence-electron chi connectivity index (χ1n) is 8.33. The Labute approximate surface area is 151 Å². The summed E-state index contributed by atoms with van der Waals surface area (Å²) in [5.41, 5.74) is 2.92. The van der Waals surface area contributed by atoms with E-state index in [4.69, 9.17) is 4.18 Å². The highest BCUT2D eigenvalue weighted by atomic mass is 32.3. The lowest BCUT2D eigenvalue weighted by atomic mass is 10.1. The Morgan fingerprint density at radius 2 is 1.92 bits per heavy atom. The fourth-order valence-corrected chi connectivity index (χ4v) is 3.59. The quantitative estimate of drug-likeness (QED) is 0.834. The van der Waals surface area contributed by atoms with Gasteiger partial charge in [-0.05, 0) is 50.6 Å². The molecule has 25 heavy (non-hydrogen) atoms. The van der Waals surface area contributed by atoms with Crippen LogP contribution in [0.2, 0.25) is 0 Å². The van der Waals surface area contributed by atoms with Crippen molar-refractivity contribution in [3.05, 3.63) is 47.0 Å². The summed E-state index contributed by atoms with van der Waals surface area (Å²) >= 11 is 0. The van der Waals surface area contributed by atoms with Crippen molar-refractivity contribution in [1.82, 2.24) is 9.78 Å². The summed E-state index contributed by atoms with van der Waals surface area (Å²) in [5, 5.41) is 14.1. The van der Waals surface area contributed by atoms with Crippen LogP contribution in [0.25, 0.3) is 5.69 Å². The highest BCUT2D eigenvalue weighted by molar-refractivity contribution is 8.29. The van der Waals surface area contributed by atoms with Gasteiger partial charge in [0.2, 0.25) is 0 Å². The Balaban J connectivity index is 2.49. The van der Waals surface area contributed by atoms with Gasteiger partial charge in [0.1, 0.15) is 5.82 Å². The molecule has 0 aliphatic heterocycles. The largest absolute Gasteiger partial charge is 0.390 e. The minimum absolute atomic E-state index is 0.00724. The average Bonchev–Trinajstić information content (AvgIpc) is 2.86. The molecular formula is C19H29FN2O2S. The molecule has 1 unspecified atom stereocenters. The molecule has 4 nitrogen and oxygen atoms in total. The third-order valence-corrected chi connectivity index (χ3v) is 8.30. The second-order valence-corrected chi connectivity index (χ2v) is 11.5. The van der Waals surface area contributed by atoms with Crippen LogP contribution in [0.15, 0.2) is 24.3 Å². The number of rotatable bonds is 5. The third kappa shape index (κ3) is 4.25. The van der Waals surface area contributed by atoms with E-state index < -0.39 is 10.3 Å². The van der Waals surface area contributed by atoms with Crippen molar-refractivity contribution in [3.8, 4) is 5.69 Å². The zero-order valence-electron chi connectivity index (χ0n) is 16.1. The number of aliphatic hydroxyl groups excluding tert-OH is 1. The van der Waals surface area contributed by atoms with Crippen LogP contribution in [0, 0.1) is 12.7 Å². The van der Waals surface area contributed by atoms with Crippen molar-refractivity contribution in [2.24, 2.45) is 0 Å². The predicted molar refractivity (Wildman–Crippen MR) is 103 cm³/mol. The number of halogens is 1. The third-order valence-electron chi connectivity index (χ3n) is 4.58. The number of aryl methyl sites for hydroxylation is 1. The molecule has 0 saturated carbocycles. The van der Waals surface area contributed by atoms with Gasteiger partial charge in [0.05, 0.1) is 29.8 Å². The van der Waals surface area contributed by atoms with Crippen LogP contribution in [0.1, 0.15) is 50.8 Å². The number of hydrogen-bond acceptors (Lipinski definition) is 3. The molecule has 1 atom stereocenters. The molecule has 1 heterocycles. The summed E-state index contributed by atoms with van der Waals surface area (Å²) in [5.74, 6) is -0.313. The van der Waals surface area contributed by atoms with E-state index in [1.54, 1.807) is 10.7 Å². The number of aromatic nitrogens is 2. The Morgan fingerprint density at radius 1 is 1.28 bits per heavy atom. The first-order chi connectivity index (χ1) is 11.5. The molecule has 0 spiro atoms. The van der Waals surface area contributed by atoms with E-state index in [2.05, 4.69) is 38.4 Å². The molecule has 1 N–H and O–H groups in total. The van der Waals surface area contributed by atoms with E-state index in [0.717, 1.165) is 16.9 Å². The zero-order chi connectivity index (χ0) is 19.0. The van der Waals surface area contributed by atoms with Crippen LogP contribution < -0.4 is 0 Å². The topological polar surface area (TPSA) is 47.3 Å². The van der Waals surface area contributed by atoms with Crippen LogP contribution in [0.4, 0.5) is 4.39 Å². The predicted octanol–water partition coefficient (Wildman–Crippen LogP) is 4.67. The molecule has 140 valence electrons.